The lowest BCUT2D eigenvalue weighted by molar-refractivity contribution is 0.536. The fourth-order valence-electron chi connectivity index (χ4n) is 1.40. The molecule has 16 heavy (non-hydrogen) atoms. The second-order valence-electron chi connectivity index (χ2n) is 3.89. The van der Waals surface area contributed by atoms with Gasteiger partial charge in [-0.3, -0.25) is 0 Å². The normalized spacial score (nSPS) is 12.7. The molecule has 3 heteroatoms. The zero-order valence-electron chi connectivity index (χ0n) is 10.0. The number of nitrogens with one attached hydrogen (secondary N) is 1. The number of hydrogen-bond donors (Lipinski definition) is 1. The second kappa shape index (κ2) is 7.69. The number of halogens is 1. The van der Waals surface area contributed by atoms with Crippen molar-refractivity contribution in [2.75, 3.05) is 11.5 Å². The summed E-state index contributed by atoms with van der Waals surface area (Å²) in [5.41, 5.74) is 1.14. The van der Waals surface area contributed by atoms with Crippen molar-refractivity contribution in [3.05, 3.63) is 35.6 Å². The van der Waals surface area contributed by atoms with E-state index < -0.39 is 0 Å². The number of rotatable bonds is 7. The lowest BCUT2D eigenvalue weighted by Crippen LogP contribution is -2.26. The van der Waals surface area contributed by atoms with Gasteiger partial charge in [-0.25, -0.2) is 4.39 Å². The lowest BCUT2D eigenvalue weighted by Gasteiger charge is -2.13. The molecule has 0 aliphatic rings. The summed E-state index contributed by atoms with van der Waals surface area (Å²) in [6.07, 6.45) is 1.18. The average Bonchev–Trinajstić information content (AvgIpc) is 2.29. The van der Waals surface area contributed by atoms with E-state index >= 15 is 0 Å². The smallest absolute Gasteiger partial charge is 0.123 e. The topological polar surface area (TPSA) is 12.0 Å². The molecule has 1 atom stereocenters. The molecule has 90 valence electrons. The van der Waals surface area contributed by atoms with Crippen LogP contribution in [0, 0.1) is 5.82 Å². The van der Waals surface area contributed by atoms with Crippen molar-refractivity contribution in [2.45, 2.75) is 32.9 Å². The maximum atomic E-state index is 12.7. The summed E-state index contributed by atoms with van der Waals surface area (Å²) < 4.78 is 12.7. The molecule has 0 aromatic heterocycles. The van der Waals surface area contributed by atoms with Gasteiger partial charge in [0.25, 0.3) is 0 Å². The first-order valence-electron chi connectivity index (χ1n) is 5.78. The summed E-state index contributed by atoms with van der Waals surface area (Å²) >= 11 is 1.97. The average molecular weight is 241 g/mol. The monoisotopic (exact) mass is 241 g/mol. The SMILES string of the molecule is CCSCCC(C)NCc1ccc(F)cc1. The van der Waals surface area contributed by atoms with Gasteiger partial charge in [0.1, 0.15) is 5.82 Å². The van der Waals surface area contributed by atoms with E-state index in [9.17, 15) is 4.39 Å². The van der Waals surface area contributed by atoms with E-state index in [0.717, 1.165) is 12.1 Å². The van der Waals surface area contributed by atoms with Gasteiger partial charge >= 0.3 is 0 Å². The number of hydrogen-bond acceptors (Lipinski definition) is 2. The maximum Gasteiger partial charge on any atom is 0.123 e. The Kier molecular flexibility index (Phi) is 6.50. The highest BCUT2D eigenvalue weighted by Gasteiger charge is 2.01. The van der Waals surface area contributed by atoms with Crippen LogP contribution < -0.4 is 5.32 Å². The summed E-state index contributed by atoms with van der Waals surface area (Å²) in [7, 11) is 0. The van der Waals surface area contributed by atoms with Crippen LogP contribution in [0.1, 0.15) is 25.8 Å². The molecule has 0 heterocycles. The fraction of sp³-hybridized carbons (Fsp3) is 0.538. The summed E-state index contributed by atoms with van der Waals surface area (Å²) in [6, 6.07) is 7.19. The van der Waals surface area contributed by atoms with Crippen LogP contribution in [-0.4, -0.2) is 17.5 Å². The molecule has 0 bridgehead atoms. The van der Waals surface area contributed by atoms with Crippen molar-refractivity contribution in [3.8, 4) is 0 Å². The Morgan fingerprint density at radius 1 is 1.31 bits per heavy atom. The van der Waals surface area contributed by atoms with Crippen molar-refractivity contribution in [2.24, 2.45) is 0 Å². The van der Waals surface area contributed by atoms with E-state index in [2.05, 4.69) is 19.2 Å². The molecule has 0 aliphatic carbocycles. The van der Waals surface area contributed by atoms with Gasteiger partial charge in [0.2, 0.25) is 0 Å². The van der Waals surface area contributed by atoms with Gasteiger partial charge in [0.05, 0.1) is 0 Å². The molecule has 0 amide bonds. The molecular weight excluding hydrogens is 221 g/mol. The van der Waals surface area contributed by atoms with Gasteiger partial charge in [-0.05, 0) is 42.5 Å². The highest BCUT2D eigenvalue weighted by Crippen LogP contribution is 2.06. The van der Waals surface area contributed by atoms with Crippen LogP contribution >= 0.6 is 11.8 Å². The number of benzene rings is 1. The van der Waals surface area contributed by atoms with Gasteiger partial charge in [-0.15, -0.1) is 0 Å². The zero-order chi connectivity index (χ0) is 11.8. The third kappa shape index (κ3) is 5.52. The van der Waals surface area contributed by atoms with Crippen LogP contribution in [0.15, 0.2) is 24.3 Å². The van der Waals surface area contributed by atoms with Gasteiger partial charge in [0.15, 0.2) is 0 Å². The predicted octanol–water partition coefficient (Wildman–Crippen LogP) is 3.45. The molecule has 1 nitrogen and oxygen atoms in total. The van der Waals surface area contributed by atoms with Crippen LogP contribution in [0.4, 0.5) is 4.39 Å². The molecular formula is C13H20FNS. The third-order valence-corrected chi connectivity index (χ3v) is 3.40. The predicted molar refractivity (Wildman–Crippen MR) is 70.3 cm³/mol. The molecule has 0 aliphatic heterocycles. The molecule has 0 radical (unpaired) electrons. The molecule has 1 unspecified atom stereocenters. The van der Waals surface area contributed by atoms with Gasteiger partial charge in [0, 0.05) is 12.6 Å². The van der Waals surface area contributed by atoms with Crippen molar-refractivity contribution in [1.29, 1.82) is 0 Å². The minimum atomic E-state index is -0.170. The highest BCUT2D eigenvalue weighted by atomic mass is 32.2. The summed E-state index contributed by atoms with van der Waals surface area (Å²) in [5.74, 6) is 2.22. The van der Waals surface area contributed by atoms with Gasteiger partial charge in [-0.2, -0.15) is 11.8 Å². The minimum Gasteiger partial charge on any atom is -0.310 e. The maximum absolute atomic E-state index is 12.7. The number of thioether (sulfide) groups is 1. The van der Waals surface area contributed by atoms with Gasteiger partial charge in [-0.1, -0.05) is 19.1 Å². The van der Waals surface area contributed by atoms with Crippen molar-refractivity contribution < 1.29 is 4.39 Å². The summed E-state index contributed by atoms with van der Waals surface area (Å²) in [6.45, 7) is 5.19. The molecule has 0 saturated carbocycles. The standard InChI is InChI=1S/C13H20FNS/c1-3-16-9-8-11(2)15-10-12-4-6-13(14)7-5-12/h4-7,11,15H,3,8-10H2,1-2H3. The first-order valence-corrected chi connectivity index (χ1v) is 6.93. The van der Waals surface area contributed by atoms with Crippen LogP contribution in [0.3, 0.4) is 0 Å². The third-order valence-electron chi connectivity index (χ3n) is 2.47. The Bertz CT molecular complexity index is 286. The molecule has 1 aromatic rings. The van der Waals surface area contributed by atoms with Crippen LogP contribution in [0.2, 0.25) is 0 Å². The van der Waals surface area contributed by atoms with Crippen LogP contribution in [0.25, 0.3) is 0 Å². The Labute approximate surface area is 102 Å². The summed E-state index contributed by atoms with van der Waals surface area (Å²) in [4.78, 5) is 0. The molecule has 0 spiro atoms. The zero-order valence-corrected chi connectivity index (χ0v) is 10.8. The molecule has 0 fully saturated rings. The van der Waals surface area contributed by atoms with E-state index in [4.69, 9.17) is 0 Å². The second-order valence-corrected chi connectivity index (χ2v) is 5.29. The molecule has 0 saturated heterocycles. The van der Waals surface area contributed by atoms with Crippen molar-refractivity contribution >= 4 is 11.8 Å². The van der Waals surface area contributed by atoms with Crippen LogP contribution in [0.5, 0.6) is 0 Å². The van der Waals surface area contributed by atoms with E-state index in [1.165, 1.54) is 30.1 Å². The quantitative estimate of drug-likeness (QED) is 0.734. The molecule has 1 N–H and O–H groups in total. The Morgan fingerprint density at radius 2 is 2.00 bits per heavy atom. The van der Waals surface area contributed by atoms with E-state index in [-0.39, 0.29) is 5.82 Å². The molecule has 1 aromatic carbocycles. The minimum absolute atomic E-state index is 0.170. The largest absolute Gasteiger partial charge is 0.310 e. The van der Waals surface area contributed by atoms with Gasteiger partial charge < -0.3 is 5.32 Å². The van der Waals surface area contributed by atoms with E-state index in [1.807, 2.05) is 23.9 Å². The van der Waals surface area contributed by atoms with E-state index in [1.54, 1.807) is 0 Å². The Balaban J connectivity index is 2.20. The summed E-state index contributed by atoms with van der Waals surface area (Å²) in [5, 5.41) is 3.44. The Hall–Kier alpha value is -0.540. The van der Waals surface area contributed by atoms with Crippen molar-refractivity contribution in [3.63, 3.8) is 0 Å². The molecule has 1 rings (SSSR count). The highest BCUT2D eigenvalue weighted by molar-refractivity contribution is 7.99. The lowest BCUT2D eigenvalue weighted by atomic mass is 10.2. The van der Waals surface area contributed by atoms with E-state index in [0.29, 0.717) is 6.04 Å². The first-order chi connectivity index (χ1) is 7.72. The Morgan fingerprint density at radius 3 is 2.62 bits per heavy atom. The first kappa shape index (κ1) is 13.5. The van der Waals surface area contributed by atoms with Crippen molar-refractivity contribution in [1.82, 2.24) is 5.32 Å². The van der Waals surface area contributed by atoms with Crippen LogP contribution in [-0.2, 0) is 6.54 Å². The fourth-order valence-corrected chi connectivity index (χ4v) is 2.21.